The molecule has 2 aliphatic carbocycles. The van der Waals surface area contributed by atoms with E-state index in [0.717, 1.165) is 38.5 Å². The van der Waals surface area contributed by atoms with Gasteiger partial charge in [-0.25, -0.2) is 19.6 Å². The summed E-state index contributed by atoms with van der Waals surface area (Å²) in [7, 11) is 0. The van der Waals surface area contributed by atoms with E-state index in [1.54, 1.807) is 0 Å². The summed E-state index contributed by atoms with van der Waals surface area (Å²) in [4.78, 5) is 74.9. The molecule has 2 spiro atoms. The van der Waals surface area contributed by atoms with Gasteiger partial charge in [-0.2, -0.15) is 0 Å². The third-order valence-corrected chi connectivity index (χ3v) is 14.9. The standard InChI is InChI=1S/C41H62N2O15/c1-21-7-9-28-23(3)34(51-36-40(28)26(21)15-17-38(5,53-36)55-57-40)49-32(47)13-11-30(45)42-19-25(44)20-43-31(46)12-14-33(48)50-35-24(4)29-10-8-22(2)27-16-18-39(6)54-37(52-35)41(27,29)58-56-39/h21-29,34-37,44H,7-20H2,1-6H3,(H,42,45)(H,43,46)/t21-,22-,23-,24-,25?,26+,27+,28?,29?,34-,35-,36-,37-,38+,39+,40-,41-/m1/s1. The van der Waals surface area contributed by atoms with Gasteiger partial charge in [0.2, 0.25) is 36.0 Å². The van der Waals surface area contributed by atoms with E-state index in [4.69, 9.17) is 48.0 Å². The predicted molar refractivity (Wildman–Crippen MR) is 196 cm³/mol. The first kappa shape index (κ1) is 42.2. The van der Waals surface area contributed by atoms with Gasteiger partial charge in [0.05, 0.1) is 18.9 Å². The van der Waals surface area contributed by atoms with Crippen LogP contribution in [-0.2, 0) is 67.1 Å². The maximum Gasteiger partial charge on any atom is 0.308 e. The summed E-state index contributed by atoms with van der Waals surface area (Å²) in [6.07, 6.45) is 1.79. The molecule has 8 aliphatic heterocycles. The van der Waals surface area contributed by atoms with E-state index >= 15 is 0 Å². The molecule has 0 aromatic carbocycles. The van der Waals surface area contributed by atoms with Crippen LogP contribution in [0.1, 0.15) is 119 Å². The number of fused-ring (bicyclic) bond motifs is 4. The minimum Gasteiger partial charge on any atom is -0.435 e. The zero-order chi connectivity index (χ0) is 41.2. The van der Waals surface area contributed by atoms with Crippen molar-refractivity contribution in [2.24, 2.45) is 47.3 Å². The van der Waals surface area contributed by atoms with Crippen molar-refractivity contribution in [1.29, 1.82) is 0 Å². The molecule has 16 atom stereocenters. The lowest BCUT2D eigenvalue weighted by atomic mass is 9.58. The molecule has 2 unspecified atom stereocenters. The van der Waals surface area contributed by atoms with Crippen LogP contribution < -0.4 is 10.6 Å². The smallest absolute Gasteiger partial charge is 0.308 e. The molecule has 58 heavy (non-hydrogen) atoms. The van der Waals surface area contributed by atoms with Crippen molar-refractivity contribution in [1.82, 2.24) is 10.6 Å². The first-order valence-electron chi connectivity index (χ1n) is 21.6. The van der Waals surface area contributed by atoms with Gasteiger partial charge in [-0.3, -0.25) is 19.2 Å². The molecule has 8 heterocycles. The maximum absolute atomic E-state index is 12.9. The molecule has 8 saturated heterocycles. The van der Waals surface area contributed by atoms with Crippen molar-refractivity contribution in [3.8, 4) is 0 Å². The van der Waals surface area contributed by atoms with E-state index in [0.29, 0.717) is 24.7 Å². The van der Waals surface area contributed by atoms with Crippen molar-refractivity contribution in [3.05, 3.63) is 0 Å². The quantitative estimate of drug-likeness (QED) is 0.190. The fraction of sp³-hybridized carbons (Fsp3) is 0.902. The summed E-state index contributed by atoms with van der Waals surface area (Å²) < 4.78 is 36.7. The topological polar surface area (TPSA) is 205 Å². The number of carbonyl (C=O) groups is 4. The number of esters is 2. The summed E-state index contributed by atoms with van der Waals surface area (Å²) in [6, 6.07) is 0. The van der Waals surface area contributed by atoms with Gasteiger partial charge in [0.15, 0.2) is 23.8 Å². The van der Waals surface area contributed by atoms with E-state index in [9.17, 15) is 24.3 Å². The highest BCUT2D eigenvalue weighted by molar-refractivity contribution is 5.82. The minimum atomic E-state index is -1.10. The van der Waals surface area contributed by atoms with E-state index in [1.165, 1.54) is 0 Å². The first-order chi connectivity index (χ1) is 27.6. The fourth-order valence-electron chi connectivity index (χ4n) is 11.5. The first-order valence-corrected chi connectivity index (χ1v) is 21.6. The molecule has 10 fully saturated rings. The van der Waals surface area contributed by atoms with Gasteiger partial charge in [-0.15, -0.1) is 0 Å². The van der Waals surface area contributed by atoms with Crippen LogP contribution in [0.5, 0.6) is 0 Å². The molecular formula is C41H62N2O15. The Labute approximate surface area is 339 Å². The molecule has 17 nitrogen and oxygen atoms in total. The highest BCUT2D eigenvalue weighted by Crippen LogP contribution is 2.62. The van der Waals surface area contributed by atoms with Gasteiger partial charge in [0.1, 0.15) is 0 Å². The van der Waals surface area contributed by atoms with Gasteiger partial charge < -0.3 is 44.2 Å². The molecule has 0 radical (unpaired) electrons. The van der Waals surface area contributed by atoms with Crippen molar-refractivity contribution in [3.63, 3.8) is 0 Å². The molecule has 326 valence electrons. The Morgan fingerprint density at radius 3 is 1.43 bits per heavy atom. The van der Waals surface area contributed by atoms with Crippen LogP contribution in [0.4, 0.5) is 0 Å². The second-order valence-corrected chi connectivity index (χ2v) is 18.8. The number of amides is 2. The van der Waals surface area contributed by atoms with Crippen LogP contribution >= 0.6 is 0 Å². The van der Waals surface area contributed by atoms with Crippen LogP contribution in [0.25, 0.3) is 0 Å². The number of aliphatic hydroxyl groups is 1. The van der Waals surface area contributed by atoms with Crippen LogP contribution in [-0.4, -0.2) is 96.0 Å². The summed E-state index contributed by atoms with van der Waals surface area (Å²) in [5, 5.41) is 15.6. The molecule has 17 heteroatoms. The Balaban J connectivity index is 0.730. The molecule has 2 saturated carbocycles. The lowest BCUT2D eigenvalue weighted by Gasteiger charge is -2.59. The normalized spacial score (nSPS) is 46.7. The number of nitrogens with one attached hydrogen (secondary N) is 2. The average molecular weight is 823 g/mol. The second kappa shape index (κ2) is 16.1. The number of aliphatic hydroxyl groups excluding tert-OH is 1. The Morgan fingerprint density at radius 2 is 1.02 bits per heavy atom. The molecule has 0 aromatic heterocycles. The Bertz CT molecular complexity index is 1470. The Morgan fingerprint density at radius 1 is 0.603 bits per heavy atom. The third kappa shape index (κ3) is 7.58. The molecule has 3 N–H and O–H groups in total. The van der Waals surface area contributed by atoms with Gasteiger partial charge in [-0.1, -0.05) is 27.7 Å². The zero-order valence-electron chi connectivity index (χ0n) is 34.6. The molecule has 4 bridgehead atoms. The monoisotopic (exact) mass is 822 g/mol. The molecule has 0 aromatic rings. The summed E-state index contributed by atoms with van der Waals surface area (Å²) in [5.74, 6) is -3.24. The van der Waals surface area contributed by atoms with E-state index in [1.807, 2.05) is 27.7 Å². The van der Waals surface area contributed by atoms with Gasteiger partial charge >= 0.3 is 11.9 Å². The lowest BCUT2D eigenvalue weighted by Crippen LogP contribution is -2.70. The average Bonchev–Trinajstić information content (AvgIpc) is 3.56. The van der Waals surface area contributed by atoms with Crippen molar-refractivity contribution in [2.75, 3.05) is 13.1 Å². The Hall–Kier alpha value is -2.48. The van der Waals surface area contributed by atoms with E-state index < -0.39 is 77.8 Å². The number of rotatable bonds is 12. The fourth-order valence-corrected chi connectivity index (χ4v) is 11.5. The van der Waals surface area contributed by atoms with Crippen LogP contribution in [0.2, 0.25) is 0 Å². The van der Waals surface area contributed by atoms with E-state index in [-0.39, 0.29) is 74.3 Å². The van der Waals surface area contributed by atoms with Crippen molar-refractivity contribution in [2.45, 2.75) is 173 Å². The largest absolute Gasteiger partial charge is 0.435 e. The molecule has 10 aliphatic rings. The number of carbonyl (C=O) groups excluding carboxylic acids is 4. The Kier molecular flexibility index (Phi) is 11.7. The van der Waals surface area contributed by atoms with Crippen molar-refractivity contribution >= 4 is 23.8 Å². The lowest BCUT2D eigenvalue weighted by molar-refractivity contribution is -0.576. The van der Waals surface area contributed by atoms with Crippen LogP contribution in [0.3, 0.4) is 0 Å². The summed E-state index contributed by atoms with van der Waals surface area (Å²) >= 11 is 0. The maximum atomic E-state index is 12.9. The van der Waals surface area contributed by atoms with E-state index in [2.05, 4.69) is 24.5 Å². The minimum absolute atomic E-state index is 0.00792. The number of hydrogen-bond acceptors (Lipinski definition) is 15. The summed E-state index contributed by atoms with van der Waals surface area (Å²) in [5.41, 5.74) is -1.55. The number of hydrogen-bond donors (Lipinski definition) is 3. The summed E-state index contributed by atoms with van der Waals surface area (Å²) in [6.45, 7) is 11.8. The van der Waals surface area contributed by atoms with Crippen LogP contribution in [0, 0.1) is 47.3 Å². The SMILES string of the molecule is C[C@@H]1CCC2[C@@H](C)[C@H](OC(=O)CCC(=O)NCC(O)CNC(=O)CCC(=O)O[C@@H]3O[C@@H]4O[C@]5(C)CC[C@H]6[C@H](C)CCC([C@H]3C)[C@@]46OO5)O[C@@H]3O[C@]4(C)CC[C@@H]1[C@@]23OO4. The van der Waals surface area contributed by atoms with Crippen molar-refractivity contribution < 1.29 is 72.3 Å². The highest BCUT2D eigenvalue weighted by Gasteiger charge is 2.71. The van der Waals surface area contributed by atoms with Gasteiger partial charge in [0.25, 0.3) is 0 Å². The second-order valence-electron chi connectivity index (χ2n) is 18.8. The third-order valence-electron chi connectivity index (χ3n) is 14.9. The van der Waals surface area contributed by atoms with Gasteiger partial charge in [0, 0.05) is 62.4 Å². The zero-order valence-corrected chi connectivity index (χ0v) is 34.6. The van der Waals surface area contributed by atoms with Crippen LogP contribution in [0.15, 0.2) is 0 Å². The molecule has 2 amide bonds. The molecular weight excluding hydrogens is 760 g/mol. The van der Waals surface area contributed by atoms with Gasteiger partial charge in [-0.05, 0) is 76.0 Å². The molecule has 10 rings (SSSR count). The number of ether oxygens (including phenoxy) is 6. The predicted octanol–water partition coefficient (Wildman–Crippen LogP) is 3.64. The highest BCUT2D eigenvalue weighted by atomic mass is 17.3.